The second kappa shape index (κ2) is 4.66. The van der Waals surface area contributed by atoms with Crippen molar-refractivity contribution in [3.63, 3.8) is 0 Å². The second-order valence-corrected chi connectivity index (χ2v) is 5.12. The van der Waals surface area contributed by atoms with Gasteiger partial charge in [0.25, 0.3) is 0 Å². The summed E-state index contributed by atoms with van der Waals surface area (Å²) in [6.45, 7) is 0.883. The van der Waals surface area contributed by atoms with Crippen LogP contribution in [0.3, 0.4) is 0 Å². The van der Waals surface area contributed by atoms with Crippen LogP contribution in [0.15, 0.2) is 31.9 Å². The van der Waals surface area contributed by atoms with Crippen LogP contribution in [-0.4, -0.2) is 13.2 Å². The zero-order valence-corrected chi connectivity index (χ0v) is 11.5. The molecule has 1 fully saturated rings. The maximum atomic E-state index is 11.9. The molecule has 0 amide bonds. The number of hydrogen-bond acceptors (Lipinski definition) is 4. The summed E-state index contributed by atoms with van der Waals surface area (Å²) in [4.78, 5) is 11.9. The average Bonchev–Trinajstić information content (AvgIpc) is 2.84. The molecule has 0 atom stereocenters. The van der Waals surface area contributed by atoms with E-state index in [0.29, 0.717) is 29.2 Å². The van der Waals surface area contributed by atoms with Crippen molar-refractivity contribution in [3.8, 4) is 0 Å². The predicted octanol–water partition coefficient (Wildman–Crippen LogP) is 3.25. The molecule has 1 aromatic carbocycles. The third-order valence-electron chi connectivity index (χ3n) is 2.69. The van der Waals surface area contributed by atoms with E-state index in [4.69, 9.17) is 25.5 Å². The molecule has 1 aromatic heterocycles. The highest BCUT2D eigenvalue weighted by molar-refractivity contribution is 9.10. The van der Waals surface area contributed by atoms with Crippen LogP contribution in [0.4, 0.5) is 0 Å². The van der Waals surface area contributed by atoms with Crippen LogP contribution >= 0.6 is 27.5 Å². The third kappa shape index (κ3) is 1.97. The summed E-state index contributed by atoms with van der Waals surface area (Å²) in [7, 11) is 0. The Morgan fingerprint density at radius 2 is 2.00 bits per heavy atom. The molecule has 1 aliphatic heterocycles. The molecule has 0 radical (unpaired) electrons. The Balaban J connectivity index is 2.28. The summed E-state index contributed by atoms with van der Waals surface area (Å²) in [5, 5.41) is 0.967. The van der Waals surface area contributed by atoms with Crippen molar-refractivity contribution < 1.29 is 13.9 Å². The number of ether oxygens (including phenoxy) is 2. The first-order valence-corrected chi connectivity index (χ1v) is 6.49. The largest absolute Gasteiger partial charge is 0.422 e. The van der Waals surface area contributed by atoms with Crippen molar-refractivity contribution >= 4 is 38.5 Å². The number of fused-ring (bicyclic) bond motifs is 1. The van der Waals surface area contributed by atoms with Gasteiger partial charge in [-0.25, -0.2) is 4.79 Å². The normalized spacial score (nSPS) is 16.6. The lowest BCUT2D eigenvalue weighted by molar-refractivity contribution is -0.0460. The molecule has 1 aliphatic rings. The summed E-state index contributed by atoms with van der Waals surface area (Å²) in [5.74, 6) is 0. The Morgan fingerprint density at radius 1 is 1.28 bits per heavy atom. The van der Waals surface area contributed by atoms with Gasteiger partial charge in [0.05, 0.1) is 18.2 Å². The van der Waals surface area contributed by atoms with Crippen molar-refractivity contribution in [2.24, 2.45) is 0 Å². The van der Waals surface area contributed by atoms with Crippen LogP contribution < -0.4 is 5.63 Å². The van der Waals surface area contributed by atoms with Gasteiger partial charge in [-0.05, 0) is 18.2 Å². The quantitative estimate of drug-likeness (QED) is 0.753. The number of halogens is 2. The van der Waals surface area contributed by atoms with Crippen LogP contribution in [0, 0.1) is 0 Å². The highest BCUT2D eigenvalue weighted by Gasteiger charge is 2.26. The molecule has 94 valence electrons. The summed E-state index contributed by atoms with van der Waals surface area (Å²) >= 11 is 9.61. The highest BCUT2D eigenvalue weighted by atomic mass is 79.9. The van der Waals surface area contributed by atoms with Gasteiger partial charge >= 0.3 is 5.63 Å². The highest BCUT2D eigenvalue weighted by Crippen LogP contribution is 2.33. The van der Waals surface area contributed by atoms with E-state index in [-0.39, 0.29) is 5.56 Å². The van der Waals surface area contributed by atoms with Crippen molar-refractivity contribution in [1.82, 2.24) is 0 Å². The molecular formula is C12H8BrClO4. The number of rotatable bonds is 1. The average molecular weight is 332 g/mol. The first-order chi connectivity index (χ1) is 8.66. The van der Waals surface area contributed by atoms with Crippen molar-refractivity contribution in [1.29, 1.82) is 0 Å². The second-order valence-electron chi connectivity index (χ2n) is 3.83. The molecule has 2 heterocycles. The fourth-order valence-corrected chi connectivity index (χ4v) is 2.55. The Hall–Kier alpha value is -0.880. The fraction of sp³-hybridized carbons (Fsp3) is 0.250. The van der Waals surface area contributed by atoms with Crippen LogP contribution in [0.25, 0.3) is 11.0 Å². The van der Waals surface area contributed by atoms with Crippen LogP contribution in [0.5, 0.6) is 0 Å². The van der Waals surface area contributed by atoms with E-state index < -0.39 is 11.9 Å². The van der Waals surface area contributed by atoms with Crippen molar-refractivity contribution in [3.05, 3.63) is 43.7 Å². The molecule has 18 heavy (non-hydrogen) atoms. The van der Waals surface area contributed by atoms with E-state index in [2.05, 4.69) is 15.9 Å². The van der Waals surface area contributed by atoms with Gasteiger partial charge in [-0.3, -0.25) is 0 Å². The molecule has 0 aliphatic carbocycles. The smallest absolute Gasteiger partial charge is 0.346 e. The van der Waals surface area contributed by atoms with Crippen LogP contribution in [0.1, 0.15) is 11.9 Å². The zero-order chi connectivity index (χ0) is 12.7. The molecule has 3 rings (SSSR count). The Morgan fingerprint density at radius 3 is 2.72 bits per heavy atom. The van der Waals surface area contributed by atoms with Gasteiger partial charge < -0.3 is 13.9 Å². The van der Waals surface area contributed by atoms with E-state index in [1.54, 1.807) is 18.2 Å². The van der Waals surface area contributed by atoms with E-state index in [0.717, 1.165) is 4.47 Å². The summed E-state index contributed by atoms with van der Waals surface area (Å²) in [5.41, 5.74) is 0.136. The minimum absolute atomic E-state index is 0.222. The minimum atomic E-state index is -0.739. The van der Waals surface area contributed by atoms with E-state index in [1.807, 2.05) is 0 Å². The minimum Gasteiger partial charge on any atom is -0.422 e. The molecule has 1 saturated heterocycles. The van der Waals surface area contributed by atoms with Crippen LogP contribution in [-0.2, 0) is 9.47 Å². The van der Waals surface area contributed by atoms with Gasteiger partial charge in [0, 0.05) is 9.86 Å². The SMILES string of the molecule is O=c1oc2ccc(Br)cc2c(Cl)c1C1OCCO1. The number of benzene rings is 1. The predicted molar refractivity (Wildman–Crippen MR) is 69.8 cm³/mol. The van der Waals surface area contributed by atoms with Gasteiger partial charge in [0.1, 0.15) is 11.1 Å². The van der Waals surface area contributed by atoms with E-state index in [9.17, 15) is 4.79 Å². The molecule has 0 unspecified atom stereocenters. The maximum Gasteiger partial charge on any atom is 0.346 e. The summed E-state index contributed by atoms with van der Waals surface area (Å²) in [6, 6.07) is 5.26. The fourth-order valence-electron chi connectivity index (χ4n) is 1.88. The standard InChI is InChI=1S/C12H8BrClO4/c13-6-1-2-8-7(5-6)10(14)9(11(15)18-8)12-16-3-4-17-12/h1-2,5,12H,3-4H2. The lowest BCUT2D eigenvalue weighted by Gasteiger charge is -2.11. The Kier molecular flexibility index (Phi) is 3.15. The maximum absolute atomic E-state index is 11.9. The molecular weight excluding hydrogens is 323 g/mol. The van der Waals surface area contributed by atoms with E-state index in [1.165, 1.54) is 0 Å². The molecule has 0 bridgehead atoms. The monoisotopic (exact) mass is 330 g/mol. The lowest BCUT2D eigenvalue weighted by atomic mass is 10.2. The summed E-state index contributed by atoms with van der Waals surface area (Å²) in [6.07, 6.45) is -0.739. The van der Waals surface area contributed by atoms with Gasteiger partial charge in [-0.15, -0.1) is 0 Å². The van der Waals surface area contributed by atoms with Gasteiger partial charge in [0.2, 0.25) is 0 Å². The van der Waals surface area contributed by atoms with Crippen molar-refractivity contribution in [2.75, 3.05) is 13.2 Å². The molecule has 6 heteroatoms. The first kappa shape index (κ1) is 12.2. The topological polar surface area (TPSA) is 48.7 Å². The molecule has 0 spiro atoms. The third-order valence-corrected chi connectivity index (χ3v) is 3.60. The Bertz CT molecular complexity index is 661. The van der Waals surface area contributed by atoms with Gasteiger partial charge in [-0.2, -0.15) is 0 Å². The number of hydrogen-bond donors (Lipinski definition) is 0. The van der Waals surface area contributed by atoms with E-state index >= 15 is 0 Å². The van der Waals surface area contributed by atoms with Crippen molar-refractivity contribution in [2.45, 2.75) is 6.29 Å². The lowest BCUT2D eigenvalue weighted by Crippen LogP contribution is -2.14. The van der Waals surface area contributed by atoms with Gasteiger partial charge in [-0.1, -0.05) is 27.5 Å². The zero-order valence-electron chi connectivity index (χ0n) is 9.11. The molecule has 0 N–H and O–H groups in total. The first-order valence-electron chi connectivity index (χ1n) is 5.32. The molecule has 4 nitrogen and oxygen atoms in total. The molecule has 0 saturated carbocycles. The summed E-state index contributed by atoms with van der Waals surface area (Å²) < 4.78 is 16.7. The van der Waals surface area contributed by atoms with Crippen LogP contribution in [0.2, 0.25) is 5.02 Å². The molecule has 2 aromatic rings. The van der Waals surface area contributed by atoms with Gasteiger partial charge in [0.15, 0.2) is 6.29 Å². The Labute approximate surface area is 116 Å².